The molecule has 0 aromatic heterocycles. The SMILES string of the molecule is CCNC(=NCC(C)N1CCN(CC)CC1)N(C)CCOc1ccccc1. The summed E-state index contributed by atoms with van der Waals surface area (Å²) < 4.78 is 5.81. The van der Waals surface area contributed by atoms with E-state index in [4.69, 9.17) is 9.73 Å². The highest BCUT2D eigenvalue weighted by Crippen LogP contribution is 2.08. The van der Waals surface area contributed by atoms with Crippen LogP contribution in [0.25, 0.3) is 0 Å². The van der Waals surface area contributed by atoms with Crippen LogP contribution in [0.3, 0.4) is 0 Å². The van der Waals surface area contributed by atoms with E-state index in [1.807, 2.05) is 30.3 Å². The molecule has 0 radical (unpaired) electrons. The lowest BCUT2D eigenvalue weighted by molar-refractivity contribution is 0.109. The van der Waals surface area contributed by atoms with Gasteiger partial charge in [-0.15, -0.1) is 0 Å². The third-order valence-electron chi connectivity index (χ3n) is 5.12. The number of hydrogen-bond acceptors (Lipinski definition) is 4. The van der Waals surface area contributed by atoms with E-state index in [2.05, 4.69) is 47.8 Å². The number of para-hydroxylation sites is 1. The third kappa shape index (κ3) is 7.39. The molecule has 1 aromatic rings. The van der Waals surface area contributed by atoms with Crippen molar-refractivity contribution >= 4 is 5.96 Å². The lowest BCUT2D eigenvalue weighted by Gasteiger charge is -2.37. The van der Waals surface area contributed by atoms with Crippen LogP contribution in [0.15, 0.2) is 35.3 Å². The van der Waals surface area contributed by atoms with Gasteiger partial charge in [0.2, 0.25) is 0 Å². The van der Waals surface area contributed by atoms with Gasteiger partial charge in [0, 0.05) is 45.8 Å². The zero-order chi connectivity index (χ0) is 19.5. The molecule has 1 fully saturated rings. The number of aliphatic imine (C=N–C) groups is 1. The molecular weight excluding hydrogens is 338 g/mol. The topological polar surface area (TPSA) is 43.3 Å². The van der Waals surface area contributed by atoms with E-state index < -0.39 is 0 Å². The maximum atomic E-state index is 5.81. The summed E-state index contributed by atoms with van der Waals surface area (Å²) in [5, 5.41) is 3.40. The highest BCUT2D eigenvalue weighted by atomic mass is 16.5. The first-order valence-corrected chi connectivity index (χ1v) is 10.3. The number of nitrogens with one attached hydrogen (secondary N) is 1. The zero-order valence-electron chi connectivity index (χ0n) is 17.5. The second-order valence-corrected chi connectivity index (χ2v) is 7.10. The Morgan fingerprint density at radius 3 is 2.52 bits per heavy atom. The van der Waals surface area contributed by atoms with E-state index in [9.17, 15) is 0 Å². The first-order chi connectivity index (χ1) is 13.1. The van der Waals surface area contributed by atoms with Crippen LogP contribution in [0.1, 0.15) is 20.8 Å². The molecule has 1 aliphatic rings. The van der Waals surface area contributed by atoms with Crippen LogP contribution in [0.2, 0.25) is 0 Å². The Balaban J connectivity index is 1.79. The minimum atomic E-state index is 0.464. The van der Waals surface area contributed by atoms with E-state index in [1.165, 1.54) is 13.1 Å². The van der Waals surface area contributed by atoms with Crippen molar-refractivity contribution in [3.05, 3.63) is 30.3 Å². The second kappa shape index (κ2) is 11.8. The molecule has 0 spiro atoms. The molecule has 1 N–H and O–H groups in total. The standard InChI is InChI=1S/C21H37N5O/c1-5-22-21(24(4)16-17-27-20-10-8-7-9-11-20)23-18-19(3)26-14-12-25(6-2)13-15-26/h7-11,19H,5-6,12-18H2,1-4H3,(H,22,23). The highest BCUT2D eigenvalue weighted by Gasteiger charge is 2.20. The maximum Gasteiger partial charge on any atom is 0.193 e. The quantitative estimate of drug-likeness (QED) is 0.528. The maximum absolute atomic E-state index is 5.81. The third-order valence-corrected chi connectivity index (χ3v) is 5.12. The summed E-state index contributed by atoms with van der Waals surface area (Å²) in [6.45, 7) is 15.5. The fraction of sp³-hybridized carbons (Fsp3) is 0.667. The summed E-state index contributed by atoms with van der Waals surface area (Å²) >= 11 is 0. The average Bonchev–Trinajstić information content (AvgIpc) is 2.71. The fourth-order valence-electron chi connectivity index (χ4n) is 3.25. The van der Waals surface area contributed by atoms with E-state index in [0.717, 1.165) is 51.0 Å². The molecule has 1 aromatic carbocycles. The zero-order valence-corrected chi connectivity index (χ0v) is 17.5. The number of rotatable bonds is 9. The van der Waals surface area contributed by atoms with Gasteiger partial charge < -0.3 is 19.9 Å². The van der Waals surface area contributed by atoms with Gasteiger partial charge in [0.1, 0.15) is 12.4 Å². The molecule has 1 saturated heterocycles. The Hall–Kier alpha value is -1.79. The van der Waals surface area contributed by atoms with Crippen molar-refractivity contribution in [1.82, 2.24) is 20.0 Å². The van der Waals surface area contributed by atoms with Gasteiger partial charge in [-0.05, 0) is 32.5 Å². The predicted octanol–water partition coefficient (Wildman–Crippen LogP) is 1.99. The average molecular weight is 376 g/mol. The van der Waals surface area contributed by atoms with Crippen LogP contribution < -0.4 is 10.1 Å². The summed E-state index contributed by atoms with van der Waals surface area (Å²) in [5.41, 5.74) is 0. The summed E-state index contributed by atoms with van der Waals surface area (Å²) in [6.07, 6.45) is 0. The lowest BCUT2D eigenvalue weighted by atomic mass is 10.2. The molecule has 27 heavy (non-hydrogen) atoms. The van der Waals surface area contributed by atoms with Crippen LogP contribution in [0, 0.1) is 0 Å². The predicted molar refractivity (Wildman–Crippen MR) is 114 cm³/mol. The normalized spacial score (nSPS) is 17.6. The van der Waals surface area contributed by atoms with Gasteiger partial charge in [-0.3, -0.25) is 9.89 Å². The number of likely N-dealkylation sites (N-methyl/N-ethyl adjacent to an activating group) is 2. The molecule has 1 atom stereocenters. The number of hydrogen-bond donors (Lipinski definition) is 1. The summed E-state index contributed by atoms with van der Waals surface area (Å²) in [5.74, 6) is 1.86. The minimum absolute atomic E-state index is 0.464. The van der Waals surface area contributed by atoms with Crippen molar-refractivity contribution in [1.29, 1.82) is 0 Å². The molecule has 152 valence electrons. The Morgan fingerprint density at radius 1 is 1.19 bits per heavy atom. The monoisotopic (exact) mass is 375 g/mol. The van der Waals surface area contributed by atoms with Crippen LogP contribution in [-0.2, 0) is 0 Å². The number of nitrogens with zero attached hydrogens (tertiary/aromatic N) is 4. The molecule has 6 heteroatoms. The summed E-state index contributed by atoms with van der Waals surface area (Å²) in [6, 6.07) is 10.4. The molecular formula is C21H37N5O. The molecule has 2 rings (SSSR count). The van der Waals surface area contributed by atoms with E-state index >= 15 is 0 Å². The van der Waals surface area contributed by atoms with Crippen LogP contribution in [-0.4, -0.2) is 92.7 Å². The fourth-order valence-corrected chi connectivity index (χ4v) is 3.25. The summed E-state index contributed by atoms with van der Waals surface area (Å²) in [7, 11) is 2.07. The van der Waals surface area contributed by atoms with Gasteiger partial charge in [-0.2, -0.15) is 0 Å². The largest absolute Gasteiger partial charge is 0.492 e. The molecule has 6 nitrogen and oxygen atoms in total. The van der Waals surface area contributed by atoms with Crippen molar-refractivity contribution in [3.8, 4) is 5.75 Å². The van der Waals surface area contributed by atoms with Crippen molar-refractivity contribution < 1.29 is 4.74 Å². The lowest BCUT2D eigenvalue weighted by Crippen LogP contribution is -2.50. The molecule has 0 saturated carbocycles. The molecule has 0 bridgehead atoms. The van der Waals surface area contributed by atoms with Gasteiger partial charge in [0.15, 0.2) is 5.96 Å². The van der Waals surface area contributed by atoms with Crippen LogP contribution >= 0.6 is 0 Å². The van der Waals surface area contributed by atoms with E-state index in [-0.39, 0.29) is 0 Å². The Labute approximate surface area is 165 Å². The van der Waals surface area contributed by atoms with Crippen LogP contribution in [0.5, 0.6) is 5.75 Å². The highest BCUT2D eigenvalue weighted by molar-refractivity contribution is 5.79. The first-order valence-electron chi connectivity index (χ1n) is 10.3. The molecule has 1 heterocycles. The number of piperazine rings is 1. The van der Waals surface area contributed by atoms with Gasteiger partial charge >= 0.3 is 0 Å². The van der Waals surface area contributed by atoms with Crippen molar-refractivity contribution in [3.63, 3.8) is 0 Å². The molecule has 1 aliphatic heterocycles. The van der Waals surface area contributed by atoms with Gasteiger partial charge in [-0.25, -0.2) is 0 Å². The number of guanidine groups is 1. The Kier molecular flexibility index (Phi) is 9.42. The molecule has 0 amide bonds. The first kappa shape index (κ1) is 21.5. The Morgan fingerprint density at radius 2 is 1.89 bits per heavy atom. The van der Waals surface area contributed by atoms with E-state index in [0.29, 0.717) is 12.6 Å². The van der Waals surface area contributed by atoms with Crippen molar-refractivity contribution in [2.75, 3.05) is 66.0 Å². The smallest absolute Gasteiger partial charge is 0.193 e. The molecule has 1 unspecified atom stereocenters. The van der Waals surface area contributed by atoms with E-state index in [1.54, 1.807) is 0 Å². The Bertz CT molecular complexity index is 543. The summed E-state index contributed by atoms with van der Waals surface area (Å²) in [4.78, 5) is 12.1. The van der Waals surface area contributed by atoms with Gasteiger partial charge in [0.25, 0.3) is 0 Å². The van der Waals surface area contributed by atoms with Crippen LogP contribution in [0.4, 0.5) is 0 Å². The van der Waals surface area contributed by atoms with Crippen molar-refractivity contribution in [2.45, 2.75) is 26.8 Å². The minimum Gasteiger partial charge on any atom is -0.492 e. The molecule has 0 aliphatic carbocycles. The number of ether oxygens (including phenoxy) is 1. The number of benzene rings is 1. The van der Waals surface area contributed by atoms with Crippen molar-refractivity contribution in [2.24, 2.45) is 4.99 Å². The van der Waals surface area contributed by atoms with Gasteiger partial charge in [-0.1, -0.05) is 25.1 Å². The second-order valence-electron chi connectivity index (χ2n) is 7.10. The van der Waals surface area contributed by atoms with Gasteiger partial charge in [0.05, 0.1) is 13.1 Å².